The van der Waals surface area contributed by atoms with Crippen LogP contribution < -0.4 is 0 Å². The minimum absolute atomic E-state index is 0.118. The second kappa shape index (κ2) is 9.48. The summed E-state index contributed by atoms with van der Waals surface area (Å²) in [4.78, 5) is 0. The number of halogens is 2. The monoisotopic (exact) mass is 358 g/mol. The van der Waals surface area contributed by atoms with Crippen molar-refractivity contribution in [2.75, 3.05) is 0 Å². The number of benzene rings is 1. The SMILES string of the molecule is C=CCCc1ccc([C@H]2CC[C@H]([C@H]3CC[C@H](C=C(F)F)CC3)CC2)cc1. The van der Waals surface area contributed by atoms with Gasteiger partial charge >= 0.3 is 0 Å². The van der Waals surface area contributed by atoms with Crippen molar-refractivity contribution >= 4 is 0 Å². The molecule has 2 aliphatic carbocycles. The van der Waals surface area contributed by atoms with Crippen LogP contribution in [0.15, 0.2) is 49.1 Å². The predicted molar refractivity (Wildman–Crippen MR) is 105 cm³/mol. The molecule has 2 saturated carbocycles. The number of allylic oxidation sites excluding steroid dienone is 2. The fraction of sp³-hybridized carbons (Fsp3) is 0.583. The topological polar surface area (TPSA) is 0 Å². The van der Waals surface area contributed by atoms with Gasteiger partial charge < -0.3 is 0 Å². The van der Waals surface area contributed by atoms with Gasteiger partial charge in [0.1, 0.15) is 0 Å². The molecule has 0 N–H and O–H groups in total. The lowest BCUT2D eigenvalue weighted by Gasteiger charge is -2.37. The van der Waals surface area contributed by atoms with Crippen LogP contribution in [0.3, 0.4) is 0 Å². The summed E-state index contributed by atoms with van der Waals surface area (Å²) < 4.78 is 24.8. The van der Waals surface area contributed by atoms with Crippen molar-refractivity contribution in [2.45, 2.75) is 70.1 Å². The molecule has 0 amide bonds. The molecule has 2 heteroatoms. The maximum absolute atomic E-state index is 12.4. The summed E-state index contributed by atoms with van der Waals surface area (Å²) in [5, 5.41) is 0. The number of rotatable bonds is 6. The fourth-order valence-electron chi connectivity index (χ4n) is 5.11. The summed E-state index contributed by atoms with van der Waals surface area (Å²) in [6.45, 7) is 3.79. The summed E-state index contributed by atoms with van der Waals surface area (Å²) in [6.07, 6.45) is 13.2. The molecule has 0 aliphatic heterocycles. The minimum atomic E-state index is -1.50. The van der Waals surface area contributed by atoms with Gasteiger partial charge in [0.2, 0.25) is 0 Å². The Bertz CT molecular complexity index is 581. The predicted octanol–water partition coefficient (Wildman–Crippen LogP) is 7.67. The van der Waals surface area contributed by atoms with E-state index in [4.69, 9.17) is 0 Å². The first kappa shape index (κ1) is 19.3. The Morgan fingerprint density at radius 3 is 2.00 bits per heavy atom. The molecule has 1 aromatic carbocycles. The smallest absolute Gasteiger partial charge is 0.174 e. The van der Waals surface area contributed by atoms with Gasteiger partial charge in [-0.1, -0.05) is 30.3 Å². The molecule has 26 heavy (non-hydrogen) atoms. The van der Waals surface area contributed by atoms with Gasteiger partial charge in [0.15, 0.2) is 0 Å². The van der Waals surface area contributed by atoms with E-state index in [1.54, 1.807) is 0 Å². The summed E-state index contributed by atoms with van der Waals surface area (Å²) >= 11 is 0. The van der Waals surface area contributed by atoms with Gasteiger partial charge in [-0.25, -0.2) is 0 Å². The van der Waals surface area contributed by atoms with E-state index < -0.39 is 6.08 Å². The molecule has 142 valence electrons. The zero-order chi connectivity index (χ0) is 18.4. The molecule has 2 aliphatic rings. The summed E-state index contributed by atoms with van der Waals surface area (Å²) in [5.41, 5.74) is 2.90. The van der Waals surface area contributed by atoms with Crippen molar-refractivity contribution in [3.63, 3.8) is 0 Å². The van der Waals surface area contributed by atoms with Crippen LogP contribution in [0.4, 0.5) is 8.78 Å². The molecule has 0 unspecified atom stereocenters. The van der Waals surface area contributed by atoms with Crippen molar-refractivity contribution in [1.82, 2.24) is 0 Å². The molecule has 0 atom stereocenters. The van der Waals surface area contributed by atoms with Crippen LogP contribution in [0.1, 0.15) is 74.8 Å². The highest BCUT2D eigenvalue weighted by atomic mass is 19.3. The van der Waals surface area contributed by atoms with Gasteiger partial charge in [-0.3, -0.25) is 0 Å². The Hall–Kier alpha value is -1.44. The molecule has 0 bridgehead atoms. The Labute approximate surface area is 157 Å². The van der Waals surface area contributed by atoms with Gasteiger partial charge in [0.25, 0.3) is 6.08 Å². The number of hydrogen-bond acceptors (Lipinski definition) is 0. The molecule has 1 aromatic rings. The van der Waals surface area contributed by atoms with Crippen LogP contribution >= 0.6 is 0 Å². The highest BCUT2D eigenvalue weighted by molar-refractivity contribution is 5.26. The van der Waals surface area contributed by atoms with Crippen molar-refractivity contribution in [2.24, 2.45) is 17.8 Å². The van der Waals surface area contributed by atoms with E-state index >= 15 is 0 Å². The first-order valence-electron chi connectivity index (χ1n) is 10.4. The zero-order valence-corrected chi connectivity index (χ0v) is 15.8. The van der Waals surface area contributed by atoms with Crippen LogP contribution in [0, 0.1) is 17.8 Å². The van der Waals surface area contributed by atoms with E-state index in [0.29, 0.717) is 5.92 Å². The van der Waals surface area contributed by atoms with E-state index in [9.17, 15) is 8.78 Å². The molecule has 0 heterocycles. The fourth-order valence-corrected chi connectivity index (χ4v) is 5.11. The highest BCUT2D eigenvalue weighted by Crippen LogP contribution is 2.44. The molecule has 0 spiro atoms. The Kier molecular flexibility index (Phi) is 7.05. The van der Waals surface area contributed by atoms with Crippen molar-refractivity contribution in [3.8, 4) is 0 Å². The normalized spacial score (nSPS) is 29.2. The van der Waals surface area contributed by atoms with E-state index in [-0.39, 0.29) is 5.92 Å². The Morgan fingerprint density at radius 2 is 1.46 bits per heavy atom. The average molecular weight is 359 g/mol. The van der Waals surface area contributed by atoms with Gasteiger partial charge in [-0.2, -0.15) is 8.78 Å². The zero-order valence-electron chi connectivity index (χ0n) is 15.8. The average Bonchev–Trinajstić information content (AvgIpc) is 2.67. The molecule has 3 rings (SSSR count). The molecule has 0 aromatic heterocycles. The van der Waals surface area contributed by atoms with E-state index in [1.165, 1.54) is 42.9 Å². The standard InChI is InChI=1S/C24H32F2/c1-2-3-4-18-5-9-20(10-6-18)22-13-15-23(16-14-22)21-11-7-19(8-12-21)17-24(25)26/h2,5-6,9-10,17,19,21-23H,1,3-4,7-8,11-16H2/t19-,21-,22-,23-. The van der Waals surface area contributed by atoms with Crippen molar-refractivity contribution in [1.29, 1.82) is 0 Å². The quantitative estimate of drug-likeness (QED) is 0.458. The third-order valence-corrected chi connectivity index (χ3v) is 6.70. The lowest BCUT2D eigenvalue weighted by atomic mass is 9.68. The molecule has 0 radical (unpaired) electrons. The highest BCUT2D eigenvalue weighted by Gasteiger charge is 2.31. The summed E-state index contributed by atoms with van der Waals surface area (Å²) in [7, 11) is 0. The number of aryl methyl sites for hydroxylation is 1. The van der Waals surface area contributed by atoms with E-state index in [1.807, 2.05) is 6.08 Å². The van der Waals surface area contributed by atoms with E-state index in [2.05, 4.69) is 30.8 Å². The van der Waals surface area contributed by atoms with E-state index in [0.717, 1.165) is 50.4 Å². The third kappa shape index (κ3) is 5.28. The van der Waals surface area contributed by atoms with Gasteiger partial charge in [0.05, 0.1) is 0 Å². The number of hydrogen-bond donors (Lipinski definition) is 0. The molecule has 0 nitrogen and oxygen atoms in total. The summed E-state index contributed by atoms with van der Waals surface area (Å²) in [6, 6.07) is 9.21. The molecular weight excluding hydrogens is 326 g/mol. The minimum Gasteiger partial charge on any atom is -0.174 e. The second-order valence-electron chi connectivity index (χ2n) is 8.31. The van der Waals surface area contributed by atoms with Crippen LogP contribution in [0.5, 0.6) is 0 Å². The largest absolute Gasteiger partial charge is 0.266 e. The first-order valence-corrected chi connectivity index (χ1v) is 10.4. The van der Waals surface area contributed by atoms with Gasteiger partial charge in [-0.15, -0.1) is 6.58 Å². The Balaban J connectivity index is 1.46. The van der Waals surface area contributed by atoms with Crippen LogP contribution in [0.2, 0.25) is 0 Å². The maximum atomic E-state index is 12.4. The lowest BCUT2D eigenvalue weighted by molar-refractivity contribution is 0.170. The first-order chi connectivity index (χ1) is 12.7. The van der Waals surface area contributed by atoms with Crippen LogP contribution in [-0.2, 0) is 6.42 Å². The second-order valence-corrected chi connectivity index (χ2v) is 8.31. The van der Waals surface area contributed by atoms with Gasteiger partial charge in [-0.05, 0) is 105 Å². The van der Waals surface area contributed by atoms with Crippen LogP contribution in [-0.4, -0.2) is 0 Å². The Morgan fingerprint density at radius 1 is 0.885 bits per heavy atom. The molecule has 2 fully saturated rings. The van der Waals surface area contributed by atoms with Crippen molar-refractivity contribution < 1.29 is 8.78 Å². The molecule has 0 saturated heterocycles. The summed E-state index contributed by atoms with van der Waals surface area (Å²) in [5.74, 6) is 2.41. The van der Waals surface area contributed by atoms with Crippen molar-refractivity contribution in [3.05, 3.63) is 60.2 Å². The van der Waals surface area contributed by atoms with Gasteiger partial charge in [0, 0.05) is 0 Å². The maximum Gasteiger partial charge on any atom is 0.266 e. The molecular formula is C24H32F2. The third-order valence-electron chi connectivity index (χ3n) is 6.70. The van der Waals surface area contributed by atoms with Crippen LogP contribution in [0.25, 0.3) is 0 Å². The lowest BCUT2D eigenvalue weighted by Crippen LogP contribution is -2.25.